The molecule has 6 heteroatoms. The Morgan fingerprint density at radius 1 is 1.53 bits per heavy atom. The topological polar surface area (TPSA) is 75.3 Å². The summed E-state index contributed by atoms with van der Waals surface area (Å²) in [5.74, 6) is 0.761. The quantitative estimate of drug-likeness (QED) is 0.757. The van der Waals surface area contributed by atoms with Gasteiger partial charge in [-0.2, -0.15) is 4.98 Å². The van der Waals surface area contributed by atoms with Crippen LogP contribution >= 0.6 is 0 Å². The largest absolute Gasteiger partial charge is 0.387 e. The number of piperidine rings is 1. The summed E-state index contributed by atoms with van der Waals surface area (Å²) in [7, 11) is 0. The highest BCUT2D eigenvalue weighted by Crippen LogP contribution is 2.35. The van der Waals surface area contributed by atoms with E-state index in [-0.39, 0.29) is 6.54 Å². The fourth-order valence-electron chi connectivity index (χ4n) is 1.91. The van der Waals surface area contributed by atoms with Gasteiger partial charge in [-0.3, -0.25) is 0 Å². The number of rotatable bonds is 1. The minimum absolute atomic E-state index is 0.0590. The van der Waals surface area contributed by atoms with Crippen molar-refractivity contribution in [3.8, 4) is 0 Å². The first-order chi connectivity index (χ1) is 7.82. The highest BCUT2D eigenvalue weighted by Gasteiger charge is 2.48. The lowest BCUT2D eigenvalue weighted by atomic mass is 9.81. The van der Waals surface area contributed by atoms with Gasteiger partial charge in [0, 0.05) is 12.7 Å². The molecule has 1 aromatic heterocycles. The van der Waals surface area contributed by atoms with Crippen LogP contribution in [-0.4, -0.2) is 39.4 Å². The van der Waals surface area contributed by atoms with E-state index in [2.05, 4.69) is 9.97 Å². The van der Waals surface area contributed by atoms with E-state index in [1.165, 1.54) is 13.8 Å². The predicted molar refractivity (Wildman–Crippen MR) is 63.4 cm³/mol. The minimum Gasteiger partial charge on any atom is -0.387 e. The van der Waals surface area contributed by atoms with Crippen molar-refractivity contribution < 1.29 is 9.50 Å². The third-order valence-corrected chi connectivity index (χ3v) is 3.43. The van der Waals surface area contributed by atoms with E-state index in [4.69, 9.17) is 5.73 Å². The van der Waals surface area contributed by atoms with Gasteiger partial charge in [0.15, 0.2) is 5.67 Å². The summed E-state index contributed by atoms with van der Waals surface area (Å²) in [6.45, 7) is 3.48. The molecule has 1 saturated heterocycles. The maximum absolute atomic E-state index is 14.3. The number of nitrogen functional groups attached to an aromatic ring is 1. The molecule has 1 aliphatic rings. The molecule has 1 fully saturated rings. The Kier molecular flexibility index (Phi) is 2.69. The van der Waals surface area contributed by atoms with E-state index in [1.54, 1.807) is 17.2 Å². The number of anilines is 2. The molecule has 0 radical (unpaired) electrons. The van der Waals surface area contributed by atoms with Crippen LogP contribution in [0.1, 0.15) is 20.3 Å². The standard InChI is InChI=1S/C11H17FN4O/c1-10(12)7-16(6-4-11(10,2)17)9-14-5-3-8(13)15-9/h3,5,17H,4,6-7H2,1-2H3,(H2,13,14,15)/t10-,11?/m1/s1. The molecule has 0 saturated carbocycles. The Balaban J connectivity index is 2.21. The summed E-state index contributed by atoms with van der Waals surface area (Å²) in [5, 5.41) is 9.95. The Morgan fingerprint density at radius 3 is 2.82 bits per heavy atom. The second kappa shape index (κ2) is 3.80. The van der Waals surface area contributed by atoms with Crippen LogP contribution < -0.4 is 10.6 Å². The van der Waals surface area contributed by atoms with E-state index in [0.29, 0.717) is 24.7 Å². The van der Waals surface area contributed by atoms with E-state index in [0.717, 1.165) is 0 Å². The lowest BCUT2D eigenvalue weighted by molar-refractivity contribution is -0.0924. The molecule has 17 heavy (non-hydrogen) atoms. The van der Waals surface area contributed by atoms with Gasteiger partial charge in [0.1, 0.15) is 5.82 Å². The van der Waals surface area contributed by atoms with Gasteiger partial charge in [0.25, 0.3) is 0 Å². The number of alkyl halides is 1. The van der Waals surface area contributed by atoms with Crippen molar-refractivity contribution in [2.75, 3.05) is 23.7 Å². The minimum atomic E-state index is -1.70. The Bertz CT molecular complexity index is 422. The fourth-order valence-corrected chi connectivity index (χ4v) is 1.91. The summed E-state index contributed by atoms with van der Waals surface area (Å²) in [6.07, 6.45) is 1.87. The zero-order valence-corrected chi connectivity index (χ0v) is 10.0. The monoisotopic (exact) mass is 240 g/mol. The van der Waals surface area contributed by atoms with Crippen molar-refractivity contribution in [3.05, 3.63) is 12.3 Å². The smallest absolute Gasteiger partial charge is 0.227 e. The molecule has 1 unspecified atom stereocenters. The number of halogens is 1. The molecule has 3 N–H and O–H groups in total. The van der Waals surface area contributed by atoms with Crippen molar-refractivity contribution in [1.82, 2.24) is 9.97 Å². The summed E-state index contributed by atoms with van der Waals surface area (Å²) >= 11 is 0. The molecular weight excluding hydrogens is 223 g/mol. The number of aromatic nitrogens is 2. The lowest BCUT2D eigenvalue weighted by Crippen LogP contribution is -2.59. The first-order valence-electron chi connectivity index (χ1n) is 5.57. The van der Waals surface area contributed by atoms with Crippen LogP contribution in [0.2, 0.25) is 0 Å². The molecular formula is C11H17FN4O. The second-order valence-corrected chi connectivity index (χ2v) is 4.92. The molecule has 2 atom stereocenters. The number of hydrogen-bond donors (Lipinski definition) is 2. The molecule has 2 heterocycles. The SMILES string of the molecule is CC1(O)CCN(c2nccc(N)n2)C[C@@]1(C)F. The normalized spacial score (nSPS) is 33.8. The fraction of sp³-hybridized carbons (Fsp3) is 0.636. The number of nitrogens with two attached hydrogens (primary N) is 1. The van der Waals surface area contributed by atoms with Gasteiger partial charge in [-0.15, -0.1) is 0 Å². The third kappa shape index (κ3) is 2.17. The molecule has 0 aliphatic carbocycles. The van der Waals surface area contributed by atoms with E-state index in [9.17, 15) is 9.50 Å². The average Bonchev–Trinajstić information content (AvgIpc) is 2.22. The van der Waals surface area contributed by atoms with Gasteiger partial charge >= 0.3 is 0 Å². The van der Waals surface area contributed by atoms with Crippen molar-refractivity contribution in [1.29, 1.82) is 0 Å². The maximum Gasteiger partial charge on any atom is 0.227 e. The van der Waals surface area contributed by atoms with Crippen LogP contribution in [0.3, 0.4) is 0 Å². The lowest BCUT2D eigenvalue weighted by Gasteiger charge is -2.45. The van der Waals surface area contributed by atoms with Crippen molar-refractivity contribution >= 4 is 11.8 Å². The van der Waals surface area contributed by atoms with E-state index < -0.39 is 11.3 Å². The third-order valence-electron chi connectivity index (χ3n) is 3.43. The summed E-state index contributed by atoms with van der Waals surface area (Å²) in [6, 6.07) is 1.58. The van der Waals surface area contributed by atoms with Gasteiger partial charge < -0.3 is 15.7 Å². The summed E-state index contributed by atoms with van der Waals surface area (Å²) in [5.41, 5.74) is 2.55. The molecule has 0 amide bonds. The Hall–Kier alpha value is -1.43. The zero-order valence-electron chi connectivity index (χ0n) is 10.0. The first-order valence-corrected chi connectivity index (χ1v) is 5.57. The molecule has 2 rings (SSSR count). The van der Waals surface area contributed by atoms with Crippen LogP contribution in [0.5, 0.6) is 0 Å². The number of nitrogens with zero attached hydrogens (tertiary/aromatic N) is 3. The Morgan fingerprint density at radius 2 is 2.24 bits per heavy atom. The highest BCUT2D eigenvalue weighted by molar-refractivity contribution is 5.39. The van der Waals surface area contributed by atoms with Gasteiger partial charge in [-0.25, -0.2) is 9.37 Å². The van der Waals surface area contributed by atoms with Gasteiger partial charge in [-0.1, -0.05) is 0 Å². The second-order valence-electron chi connectivity index (χ2n) is 4.92. The number of aliphatic hydroxyl groups is 1. The molecule has 1 aliphatic heterocycles. The highest BCUT2D eigenvalue weighted by atomic mass is 19.1. The van der Waals surface area contributed by atoms with Crippen molar-refractivity contribution in [2.24, 2.45) is 0 Å². The van der Waals surface area contributed by atoms with Crippen LogP contribution in [0.4, 0.5) is 16.2 Å². The molecule has 0 bridgehead atoms. The van der Waals surface area contributed by atoms with Crippen LogP contribution in [0.15, 0.2) is 12.3 Å². The van der Waals surface area contributed by atoms with Crippen LogP contribution in [0.25, 0.3) is 0 Å². The Labute approximate surface area is 99.5 Å². The summed E-state index contributed by atoms with van der Waals surface area (Å²) < 4.78 is 14.3. The molecule has 0 spiro atoms. The van der Waals surface area contributed by atoms with Crippen molar-refractivity contribution in [3.63, 3.8) is 0 Å². The van der Waals surface area contributed by atoms with Crippen molar-refractivity contribution in [2.45, 2.75) is 31.5 Å². The molecule has 94 valence electrons. The molecule has 1 aromatic rings. The maximum atomic E-state index is 14.3. The van der Waals surface area contributed by atoms with Crippen LogP contribution in [-0.2, 0) is 0 Å². The van der Waals surface area contributed by atoms with Crippen LogP contribution in [0, 0.1) is 0 Å². The predicted octanol–water partition coefficient (Wildman–Crippen LogP) is 0.748. The number of hydrogen-bond acceptors (Lipinski definition) is 5. The zero-order chi connectivity index (χ0) is 12.7. The molecule has 5 nitrogen and oxygen atoms in total. The summed E-state index contributed by atoms with van der Waals surface area (Å²) in [4.78, 5) is 9.82. The van der Waals surface area contributed by atoms with Gasteiger partial charge in [0.05, 0.1) is 12.1 Å². The van der Waals surface area contributed by atoms with Gasteiger partial charge in [0.2, 0.25) is 5.95 Å². The first kappa shape index (κ1) is 12.0. The van der Waals surface area contributed by atoms with E-state index in [1.807, 2.05) is 0 Å². The molecule has 0 aromatic carbocycles. The van der Waals surface area contributed by atoms with E-state index >= 15 is 0 Å². The average molecular weight is 240 g/mol. The van der Waals surface area contributed by atoms with Gasteiger partial charge in [-0.05, 0) is 26.3 Å².